The number of rotatable bonds is 4. The molecular weight excluding hydrogens is 260 g/mol. The third-order valence-electron chi connectivity index (χ3n) is 3.67. The molecule has 0 heterocycles. The van der Waals surface area contributed by atoms with Crippen LogP contribution in [0.2, 0.25) is 0 Å². The molecule has 0 saturated heterocycles. The van der Waals surface area contributed by atoms with Crippen molar-refractivity contribution in [1.82, 2.24) is 4.90 Å². The standard InChI is InChI=1S/C14H18N2O4/c1-9-3-4-13(16(19)20)12(5-9)14(18)15(2)8-10-6-11(17)7-10/h3-5,10-11,17H,6-8H2,1-2H3. The van der Waals surface area contributed by atoms with Gasteiger partial charge in [0.15, 0.2) is 0 Å². The first-order valence-electron chi connectivity index (χ1n) is 6.57. The predicted molar refractivity (Wildman–Crippen MR) is 73.5 cm³/mol. The highest BCUT2D eigenvalue weighted by atomic mass is 16.6. The lowest BCUT2D eigenvalue weighted by molar-refractivity contribution is -0.385. The highest BCUT2D eigenvalue weighted by Crippen LogP contribution is 2.28. The molecule has 1 aromatic rings. The average molecular weight is 278 g/mol. The van der Waals surface area contributed by atoms with Crippen LogP contribution in [0.1, 0.15) is 28.8 Å². The molecule has 0 aliphatic heterocycles. The average Bonchev–Trinajstić information content (AvgIpc) is 2.35. The maximum Gasteiger partial charge on any atom is 0.282 e. The van der Waals surface area contributed by atoms with E-state index >= 15 is 0 Å². The highest BCUT2D eigenvalue weighted by molar-refractivity contribution is 5.98. The number of aliphatic hydroxyl groups excluding tert-OH is 1. The molecular formula is C14H18N2O4. The van der Waals surface area contributed by atoms with Gasteiger partial charge in [0.2, 0.25) is 0 Å². The zero-order valence-electron chi connectivity index (χ0n) is 11.6. The maximum absolute atomic E-state index is 12.3. The number of carbonyl (C=O) groups excluding carboxylic acids is 1. The van der Waals surface area contributed by atoms with Crippen molar-refractivity contribution in [3.8, 4) is 0 Å². The Morgan fingerprint density at radius 2 is 2.15 bits per heavy atom. The van der Waals surface area contributed by atoms with Crippen LogP contribution in [0.5, 0.6) is 0 Å². The van der Waals surface area contributed by atoms with Gasteiger partial charge in [0.05, 0.1) is 11.0 Å². The van der Waals surface area contributed by atoms with Gasteiger partial charge in [-0.3, -0.25) is 14.9 Å². The minimum absolute atomic E-state index is 0.123. The zero-order chi connectivity index (χ0) is 14.9. The lowest BCUT2D eigenvalue weighted by atomic mass is 9.82. The molecule has 108 valence electrons. The first-order valence-corrected chi connectivity index (χ1v) is 6.57. The summed E-state index contributed by atoms with van der Waals surface area (Å²) in [5.74, 6) is -0.0652. The van der Waals surface area contributed by atoms with Crippen molar-refractivity contribution in [2.24, 2.45) is 5.92 Å². The number of nitro benzene ring substituents is 1. The van der Waals surface area contributed by atoms with Crippen LogP contribution >= 0.6 is 0 Å². The van der Waals surface area contributed by atoms with Crippen molar-refractivity contribution >= 4 is 11.6 Å². The molecule has 0 aromatic heterocycles. The molecule has 1 aliphatic carbocycles. The number of carbonyl (C=O) groups is 1. The summed E-state index contributed by atoms with van der Waals surface area (Å²) < 4.78 is 0. The summed E-state index contributed by atoms with van der Waals surface area (Å²) in [6, 6.07) is 4.54. The Balaban J connectivity index is 2.15. The van der Waals surface area contributed by atoms with Gasteiger partial charge in [-0.2, -0.15) is 0 Å². The van der Waals surface area contributed by atoms with Gasteiger partial charge in [0, 0.05) is 19.7 Å². The minimum atomic E-state index is -0.534. The van der Waals surface area contributed by atoms with E-state index in [4.69, 9.17) is 0 Å². The number of amides is 1. The third kappa shape index (κ3) is 2.96. The summed E-state index contributed by atoms with van der Waals surface area (Å²) in [5.41, 5.74) is 0.768. The van der Waals surface area contributed by atoms with Gasteiger partial charge in [-0.25, -0.2) is 0 Å². The smallest absolute Gasteiger partial charge is 0.282 e. The molecule has 1 aromatic carbocycles. The van der Waals surface area contributed by atoms with E-state index in [2.05, 4.69) is 0 Å². The lowest BCUT2D eigenvalue weighted by Gasteiger charge is -2.34. The fourth-order valence-corrected chi connectivity index (χ4v) is 2.51. The molecule has 2 rings (SSSR count). The Bertz CT molecular complexity index is 538. The molecule has 0 spiro atoms. The summed E-state index contributed by atoms with van der Waals surface area (Å²) in [4.78, 5) is 24.3. The quantitative estimate of drug-likeness (QED) is 0.671. The van der Waals surface area contributed by atoms with Crippen molar-refractivity contribution in [2.75, 3.05) is 13.6 Å². The Hall–Kier alpha value is -1.95. The Morgan fingerprint density at radius 3 is 2.70 bits per heavy atom. The Labute approximate surface area is 117 Å². The fraction of sp³-hybridized carbons (Fsp3) is 0.500. The van der Waals surface area contributed by atoms with E-state index in [1.54, 1.807) is 26.1 Å². The topological polar surface area (TPSA) is 83.7 Å². The summed E-state index contributed by atoms with van der Waals surface area (Å²) in [5, 5.41) is 20.2. The Kier molecular flexibility index (Phi) is 4.04. The van der Waals surface area contributed by atoms with Crippen molar-refractivity contribution in [2.45, 2.75) is 25.9 Å². The van der Waals surface area contributed by atoms with Gasteiger partial charge in [-0.15, -0.1) is 0 Å². The number of nitrogens with zero attached hydrogens (tertiary/aromatic N) is 2. The van der Waals surface area contributed by atoms with E-state index in [0.29, 0.717) is 19.4 Å². The van der Waals surface area contributed by atoms with Gasteiger partial charge in [0.1, 0.15) is 5.56 Å². The number of nitro groups is 1. The number of hydrogen-bond donors (Lipinski definition) is 1. The summed E-state index contributed by atoms with van der Waals surface area (Å²) >= 11 is 0. The fourth-order valence-electron chi connectivity index (χ4n) is 2.51. The molecule has 1 saturated carbocycles. The van der Waals surface area contributed by atoms with Gasteiger partial charge >= 0.3 is 0 Å². The SMILES string of the molecule is Cc1ccc([N+](=O)[O-])c(C(=O)N(C)CC2CC(O)C2)c1. The van der Waals surface area contributed by atoms with Gasteiger partial charge in [-0.05, 0) is 37.3 Å². The predicted octanol–water partition coefficient (Wildman–Crippen LogP) is 1.75. The molecule has 0 unspecified atom stereocenters. The molecule has 0 atom stereocenters. The molecule has 1 N–H and O–H groups in total. The van der Waals surface area contributed by atoms with E-state index in [1.165, 1.54) is 11.0 Å². The van der Waals surface area contributed by atoms with Crippen molar-refractivity contribution in [1.29, 1.82) is 0 Å². The largest absolute Gasteiger partial charge is 0.393 e. The van der Waals surface area contributed by atoms with Crippen LogP contribution in [0.15, 0.2) is 18.2 Å². The van der Waals surface area contributed by atoms with E-state index in [1.807, 2.05) is 0 Å². The molecule has 1 fully saturated rings. The summed E-state index contributed by atoms with van der Waals surface area (Å²) in [6.45, 7) is 2.31. The van der Waals surface area contributed by atoms with Crippen LogP contribution in [0, 0.1) is 23.0 Å². The second kappa shape index (κ2) is 5.58. The van der Waals surface area contributed by atoms with Gasteiger partial charge < -0.3 is 10.0 Å². The Morgan fingerprint density at radius 1 is 1.50 bits per heavy atom. The van der Waals surface area contributed by atoms with Gasteiger partial charge in [0.25, 0.3) is 11.6 Å². The van der Waals surface area contributed by atoms with Crippen LogP contribution < -0.4 is 0 Å². The highest BCUT2D eigenvalue weighted by Gasteiger charge is 2.30. The monoisotopic (exact) mass is 278 g/mol. The lowest BCUT2D eigenvalue weighted by Crippen LogP contribution is -2.39. The van der Waals surface area contributed by atoms with Crippen molar-refractivity contribution < 1.29 is 14.8 Å². The molecule has 1 aliphatic rings. The molecule has 6 heteroatoms. The number of benzene rings is 1. The summed E-state index contributed by atoms with van der Waals surface area (Å²) in [7, 11) is 1.64. The first kappa shape index (κ1) is 14.5. The van der Waals surface area contributed by atoms with E-state index in [0.717, 1.165) is 5.56 Å². The maximum atomic E-state index is 12.3. The van der Waals surface area contributed by atoms with Crippen LogP contribution in [-0.4, -0.2) is 40.5 Å². The second-order valence-electron chi connectivity index (χ2n) is 5.45. The number of aryl methyl sites for hydroxylation is 1. The van der Waals surface area contributed by atoms with Crippen LogP contribution in [0.4, 0.5) is 5.69 Å². The molecule has 0 radical (unpaired) electrons. The summed E-state index contributed by atoms with van der Waals surface area (Å²) in [6.07, 6.45) is 1.11. The molecule has 0 bridgehead atoms. The van der Waals surface area contributed by atoms with Crippen LogP contribution in [0.3, 0.4) is 0 Å². The molecule has 6 nitrogen and oxygen atoms in total. The zero-order valence-corrected chi connectivity index (χ0v) is 11.6. The van der Waals surface area contributed by atoms with Crippen LogP contribution in [-0.2, 0) is 0 Å². The molecule has 20 heavy (non-hydrogen) atoms. The van der Waals surface area contributed by atoms with Crippen molar-refractivity contribution in [3.63, 3.8) is 0 Å². The minimum Gasteiger partial charge on any atom is -0.393 e. The first-order chi connectivity index (χ1) is 9.38. The number of hydrogen-bond acceptors (Lipinski definition) is 4. The number of aliphatic hydroxyl groups is 1. The van der Waals surface area contributed by atoms with Gasteiger partial charge in [-0.1, -0.05) is 6.07 Å². The van der Waals surface area contributed by atoms with E-state index in [-0.39, 0.29) is 29.2 Å². The third-order valence-corrected chi connectivity index (χ3v) is 3.67. The normalized spacial score (nSPS) is 21.1. The second-order valence-corrected chi connectivity index (χ2v) is 5.45. The van der Waals surface area contributed by atoms with Crippen molar-refractivity contribution in [3.05, 3.63) is 39.4 Å². The van der Waals surface area contributed by atoms with E-state index < -0.39 is 4.92 Å². The van der Waals surface area contributed by atoms with Crippen LogP contribution in [0.25, 0.3) is 0 Å². The van der Waals surface area contributed by atoms with E-state index in [9.17, 15) is 20.0 Å². The molecule has 1 amide bonds.